The monoisotopic (exact) mass is 372 g/mol. The number of anilines is 1. The first-order chi connectivity index (χ1) is 12.4. The molecule has 3 rings (SSSR count). The average molecular weight is 372 g/mol. The summed E-state index contributed by atoms with van der Waals surface area (Å²) in [5.41, 5.74) is 3.29. The van der Waals surface area contributed by atoms with Gasteiger partial charge < -0.3 is 5.32 Å². The van der Waals surface area contributed by atoms with Gasteiger partial charge in [0.2, 0.25) is 15.9 Å². The van der Waals surface area contributed by atoms with Crippen LogP contribution in [-0.4, -0.2) is 20.4 Å². The summed E-state index contributed by atoms with van der Waals surface area (Å²) >= 11 is 0. The number of hydrogen-bond acceptors (Lipinski definition) is 3. The van der Waals surface area contributed by atoms with Gasteiger partial charge in [0.15, 0.2) is 0 Å². The van der Waals surface area contributed by atoms with E-state index in [-0.39, 0.29) is 16.7 Å². The minimum atomic E-state index is -3.76. The largest absolute Gasteiger partial charge is 0.325 e. The fourth-order valence-electron chi connectivity index (χ4n) is 3.20. The summed E-state index contributed by atoms with van der Waals surface area (Å²) in [6.45, 7) is 3.64. The van der Waals surface area contributed by atoms with Crippen LogP contribution in [0, 0.1) is 5.92 Å². The Bertz CT molecular complexity index is 893. The van der Waals surface area contributed by atoms with E-state index in [1.807, 2.05) is 32.0 Å². The van der Waals surface area contributed by atoms with E-state index < -0.39 is 16.1 Å². The maximum absolute atomic E-state index is 12.7. The number of fused-ring (bicyclic) bond motifs is 1. The Morgan fingerprint density at radius 1 is 1.00 bits per heavy atom. The first kappa shape index (κ1) is 18.6. The smallest absolute Gasteiger partial charge is 0.242 e. The standard InChI is InChI=1S/C20H24N2O3S/c1-14(2)19(22-26(24,25)18-9-4-3-5-10-18)20(23)21-17-12-11-15-7-6-8-16(15)13-17/h3-5,9-14,19,22H,6-8H2,1-2H3,(H,21,23)/t19-/m1/s1. The molecule has 5 nitrogen and oxygen atoms in total. The average Bonchev–Trinajstić information content (AvgIpc) is 3.08. The molecule has 0 unspecified atom stereocenters. The van der Waals surface area contributed by atoms with Gasteiger partial charge >= 0.3 is 0 Å². The van der Waals surface area contributed by atoms with E-state index in [2.05, 4.69) is 10.0 Å². The van der Waals surface area contributed by atoms with Crippen LogP contribution >= 0.6 is 0 Å². The number of aryl methyl sites for hydroxylation is 2. The Labute approximate surface area is 154 Å². The number of amides is 1. The van der Waals surface area contributed by atoms with Crippen LogP contribution in [0.15, 0.2) is 53.4 Å². The van der Waals surface area contributed by atoms with Crippen molar-refractivity contribution in [3.05, 3.63) is 59.7 Å². The molecule has 6 heteroatoms. The lowest BCUT2D eigenvalue weighted by Gasteiger charge is -2.22. The molecule has 0 bridgehead atoms. The number of sulfonamides is 1. The van der Waals surface area contributed by atoms with Crippen molar-refractivity contribution in [2.75, 3.05) is 5.32 Å². The van der Waals surface area contributed by atoms with E-state index >= 15 is 0 Å². The number of benzene rings is 2. The topological polar surface area (TPSA) is 75.3 Å². The highest BCUT2D eigenvalue weighted by atomic mass is 32.2. The molecular formula is C20H24N2O3S. The van der Waals surface area contributed by atoms with E-state index in [0.29, 0.717) is 5.69 Å². The molecule has 2 aromatic carbocycles. The van der Waals surface area contributed by atoms with Crippen molar-refractivity contribution >= 4 is 21.6 Å². The molecule has 0 saturated heterocycles. The zero-order chi connectivity index (χ0) is 18.7. The number of nitrogens with one attached hydrogen (secondary N) is 2. The van der Waals surface area contributed by atoms with Gasteiger partial charge in [0.05, 0.1) is 4.90 Å². The molecule has 2 N–H and O–H groups in total. The van der Waals surface area contributed by atoms with Gasteiger partial charge in [-0.3, -0.25) is 4.79 Å². The van der Waals surface area contributed by atoms with Gasteiger partial charge in [-0.25, -0.2) is 8.42 Å². The predicted molar refractivity (Wildman–Crippen MR) is 102 cm³/mol. The summed E-state index contributed by atoms with van der Waals surface area (Å²) < 4.78 is 27.7. The zero-order valence-electron chi connectivity index (χ0n) is 15.0. The molecule has 2 aromatic rings. The van der Waals surface area contributed by atoms with Gasteiger partial charge in [-0.05, 0) is 60.6 Å². The van der Waals surface area contributed by atoms with Crippen molar-refractivity contribution in [2.45, 2.75) is 44.0 Å². The first-order valence-electron chi connectivity index (χ1n) is 8.87. The molecule has 0 fully saturated rings. The third-order valence-electron chi connectivity index (χ3n) is 4.65. The van der Waals surface area contributed by atoms with Gasteiger partial charge in [0.25, 0.3) is 0 Å². The summed E-state index contributed by atoms with van der Waals surface area (Å²) in [6, 6.07) is 13.1. The van der Waals surface area contributed by atoms with E-state index in [1.54, 1.807) is 18.2 Å². The molecule has 26 heavy (non-hydrogen) atoms. The van der Waals surface area contributed by atoms with Crippen molar-refractivity contribution in [2.24, 2.45) is 5.92 Å². The van der Waals surface area contributed by atoms with E-state index in [0.717, 1.165) is 19.3 Å². The number of carbonyl (C=O) groups excluding carboxylic acids is 1. The van der Waals surface area contributed by atoms with Crippen molar-refractivity contribution in [1.29, 1.82) is 0 Å². The highest BCUT2D eigenvalue weighted by Crippen LogP contribution is 2.25. The molecule has 138 valence electrons. The minimum absolute atomic E-state index is 0.149. The second-order valence-electron chi connectivity index (χ2n) is 6.98. The van der Waals surface area contributed by atoms with Crippen LogP contribution in [0.25, 0.3) is 0 Å². The molecule has 0 aliphatic heterocycles. The summed E-state index contributed by atoms with van der Waals surface area (Å²) in [4.78, 5) is 12.9. The minimum Gasteiger partial charge on any atom is -0.325 e. The molecule has 0 spiro atoms. The normalized spacial score (nSPS) is 14.9. The summed E-state index contributed by atoms with van der Waals surface area (Å²) in [5.74, 6) is -0.541. The maximum Gasteiger partial charge on any atom is 0.242 e. The number of rotatable bonds is 6. The molecule has 1 aliphatic rings. The molecular weight excluding hydrogens is 348 g/mol. The Hall–Kier alpha value is -2.18. The molecule has 1 aliphatic carbocycles. The Kier molecular flexibility index (Phi) is 5.44. The lowest BCUT2D eigenvalue weighted by Crippen LogP contribution is -2.47. The van der Waals surface area contributed by atoms with Crippen LogP contribution in [0.2, 0.25) is 0 Å². The first-order valence-corrected chi connectivity index (χ1v) is 10.4. The maximum atomic E-state index is 12.7. The lowest BCUT2D eigenvalue weighted by molar-refractivity contribution is -0.118. The van der Waals surface area contributed by atoms with Crippen LogP contribution < -0.4 is 10.0 Å². The van der Waals surface area contributed by atoms with Crippen LogP contribution in [0.4, 0.5) is 5.69 Å². The van der Waals surface area contributed by atoms with Gasteiger partial charge in [0, 0.05) is 5.69 Å². The van der Waals surface area contributed by atoms with Gasteiger partial charge in [-0.2, -0.15) is 4.72 Å². The van der Waals surface area contributed by atoms with Crippen molar-refractivity contribution in [3.63, 3.8) is 0 Å². The van der Waals surface area contributed by atoms with Gasteiger partial charge in [-0.15, -0.1) is 0 Å². The predicted octanol–water partition coefficient (Wildman–Crippen LogP) is 3.12. The zero-order valence-corrected chi connectivity index (χ0v) is 15.8. The lowest BCUT2D eigenvalue weighted by atomic mass is 10.0. The van der Waals surface area contributed by atoms with E-state index in [9.17, 15) is 13.2 Å². The molecule has 0 aromatic heterocycles. The summed E-state index contributed by atoms with van der Waals surface area (Å²) in [5, 5.41) is 2.86. The second kappa shape index (κ2) is 7.60. The molecule has 0 heterocycles. The van der Waals surface area contributed by atoms with E-state index in [4.69, 9.17) is 0 Å². The van der Waals surface area contributed by atoms with Crippen molar-refractivity contribution in [3.8, 4) is 0 Å². The van der Waals surface area contributed by atoms with Gasteiger partial charge in [0.1, 0.15) is 6.04 Å². The Balaban J connectivity index is 1.76. The molecule has 1 atom stereocenters. The molecule has 0 radical (unpaired) electrons. The SMILES string of the molecule is CC(C)[C@@H](NS(=O)(=O)c1ccccc1)C(=O)Nc1ccc2c(c1)CCC2. The number of carbonyl (C=O) groups is 1. The number of hydrogen-bond donors (Lipinski definition) is 2. The fraction of sp³-hybridized carbons (Fsp3) is 0.350. The summed E-state index contributed by atoms with van der Waals surface area (Å²) in [7, 11) is -3.76. The van der Waals surface area contributed by atoms with Crippen molar-refractivity contribution in [1.82, 2.24) is 4.72 Å². The van der Waals surface area contributed by atoms with Crippen molar-refractivity contribution < 1.29 is 13.2 Å². The quantitative estimate of drug-likeness (QED) is 0.818. The molecule has 0 saturated carbocycles. The van der Waals surface area contributed by atoms with Crippen LogP contribution in [0.5, 0.6) is 0 Å². The van der Waals surface area contributed by atoms with Crippen LogP contribution in [0.3, 0.4) is 0 Å². The summed E-state index contributed by atoms with van der Waals surface area (Å²) in [6.07, 6.45) is 3.24. The molecule has 1 amide bonds. The highest BCUT2D eigenvalue weighted by Gasteiger charge is 2.28. The fourth-order valence-corrected chi connectivity index (χ4v) is 4.56. The van der Waals surface area contributed by atoms with E-state index in [1.165, 1.54) is 23.3 Å². The third-order valence-corrected chi connectivity index (χ3v) is 6.11. The van der Waals surface area contributed by atoms with Crippen LogP contribution in [0.1, 0.15) is 31.4 Å². The Morgan fingerprint density at radius 2 is 1.69 bits per heavy atom. The van der Waals surface area contributed by atoms with Crippen LogP contribution in [-0.2, 0) is 27.7 Å². The Morgan fingerprint density at radius 3 is 2.38 bits per heavy atom. The second-order valence-corrected chi connectivity index (χ2v) is 8.70. The van der Waals surface area contributed by atoms with Gasteiger partial charge in [-0.1, -0.05) is 38.1 Å². The highest BCUT2D eigenvalue weighted by molar-refractivity contribution is 7.89. The third kappa shape index (κ3) is 4.14.